The molecule has 8 nitrogen and oxygen atoms in total. The van der Waals surface area contributed by atoms with E-state index in [-0.39, 0.29) is 31.0 Å². The predicted molar refractivity (Wildman–Crippen MR) is 130 cm³/mol. The van der Waals surface area contributed by atoms with Crippen molar-refractivity contribution in [1.29, 1.82) is 0 Å². The Balaban J connectivity index is 0.00000306. The molecule has 178 valence electrons. The maximum atomic E-state index is 13.3. The number of hydrogen-bond acceptors (Lipinski definition) is 6. The van der Waals surface area contributed by atoms with Crippen LogP contribution in [0.5, 0.6) is 5.75 Å². The number of carbonyl (C=O) groups excluding carboxylic acids is 2. The molecule has 2 saturated heterocycles. The number of rotatable bonds is 4. The number of amides is 2. The average Bonchev–Trinajstić information content (AvgIpc) is 3.11. The molecule has 0 saturated carbocycles. The van der Waals surface area contributed by atoms with E-state index in [0.717, 1.165) is 16.9 Å². The lowest BCUT2D eigenvalue weighted by atomic mass is 10.1. The Kier molecular flexibility index (Phi) is 7.59. The highest BCUT2D eigenvalue weighted by Crippen LogP contribution is 2.37. The molecule has 2 amide bonds. The lowest BCUT2D eigenvalue weighted by Gasteiger charge is -2.36. The molecule has 2 aliphatic heterocycles. The van der Waals surface area contributed by atoms with Gasteiger partial charge in [0.2, 0.25) is 0 Å². The van der Waals surface area contributed by atoms with E-state index in [1.54, 1.807) is 17.0 Å². The van der Waals surface area contributed by atoms with Crippen molar-refractivity contribution in [3.8, 4) is 5.75 Å². The van der Waals surface area contributed by atoms with Crippen LogP contribution in [0.4, 0.5) is 16.3 Å². The smallest absolute Gasteiger partial charge is 0.414 e. The van der Waals surface area contributed by atoms with Crippen molar-refractivity contribution in [2.75, 3.05) is 49.7 Å². The molecule has 10 heteroatoms. The van der Waals surface area contributed by atoms with Crippen LogP contribution in [-0.2, 0) is 4.74 Å². The Morgan fingerprint density at radius 3 is 2.45 bits per heavy atom. The molecule has 0 radical (unpaired) electrons. The third-order valence-corrected chi connectivity index (χ3v) is 6.20. The van der Waals surface area contributed by atoms with Crippen molar-refractivity contribution in [2.24, 2.45) is 0 Å². The fourth-order valence-electron chi connectivity index (χ4n) is 4.25. The number of anilines is 2. The third-order valence-electron chi connectivity index (χ3n) is 5.90. The van der Waals surface area contributed by atoms with Gasteiger partial charge in [-0.05, 0) is 38.0 Å². The molecule has 0 bridgehead atoms. The molecule has 1 atom stereocenters. The largest absolute Gasteiger partial charge is 0.496 e. The van der Waals surface area contributed by atoms with Crippen molar-refractivity contribution in [1.82, 2.24) is 9.88 Å². The van der Waals surface area contributed by atoms with Crippen LogP contribution in [0, 0.1) is 13.8 Å². The van der Waals surface area contributed by atoms with Crippen LogP contribution in [0.25, 0.3) is 0 Å². The van der Waals surface area contributed by atoms with E-state index in [2.05, 4.69) is 22.9 Å². The van der Waals surface area contributed by atoms with E-state index in [1.165, 1.54) is 12.0 Å². The number of hydrogen-bond donors (Lipinski definition) is 0. The van der Waals surface area contributed by atoms with Crippen molar-refractivity contribution in [2.45, 2.75) is 26.8 Å². The molecule has 2 aliphatic rings. The van der Waals surface area contributed by atoms with Crippen LogP contribution in [0.1, 0.15) is 28.4 Å². The number of halogens is 2. The van der Waals surface area contributed by atoms with Gasteiger partial charge < -0.3 is 19.3 Å². The fraction of sp³-hybridized carbons (Fsp3) is 0.435. The number of aromatic nitrogens is 1. The SMILES string of the molecule is COc1cc(N2C(=O)OC[C@H]2C)c(Cl)cc1C(=O)N1CCN(c2ncc(C)cc2C)CC1.Cl. The molecule has 0 aliphatic carbocycles. The number of methoxy groups -OCH3 is 1. The van der Waals surface area contributed by atoms with Crippen LogP contribution < -0.4 is 14.5 Å². The molecule has 3 heterocycles. The Morgan fingerprint density at radius 1 is 1.18 bits per heavy atom. The second-order valence-electron chi connectivity index (χ2n) is 8.23. The van der Waals surface area contributed by atoms with Gasteiger partial charge >= 0.3 is 6.09 Å². The number of ether oxygens (including phenoxy) is 2. The molecule has 0 unspecified atom stereocenters. The van der Waals surface area contributed by atoms with Crippen LogP contribution in [0.3, 0.4) is 0 Å². The lowest BCUT2D eigenvalue weighted by molar-refractivity contribution is 0.0743. The number of cyclic esters (lactones) is 1. The Labute approximate surface area is 204 Å². The number of nitrogens with zero attached hydrogens (tertiary/aromatic N) is 4. The van der Waals surface area contributed by atoms with Gasteiger partial charge in [-0.1, -0.05) is 17.7 Å². The molecule has 2 aromatic rings. The van der Waals surface area contributed by atoms with Gasteiger partial charge in [-0.3, -0.25) is 9.69 Å². The van der Waals surface area contributed by atoms with E-state index < -0.39 is 6.09 Å². The van der Waals surface area contributed by atoms with Crippen molar-refractivity contribution in [3.63, 3.8) is 0 Å². The number of pyridine rings is 1. The quantitative estimate of drug-likeness (QED) is 0.636. The van der Waals surface area contributed by atoms with E-state index in [0.29, 0.717) is 48.2 Å². The molecule has 4 rings (SSSR count). The number of aryl methyl sites for hydroxylation is 2. The number of carbonyl (C=O) groups is 2. The first-order valence-corrected chi connectivity index (χ1v) is 11.0. The minimum Gasteiger partial charge on any atom is -0.496 e. The first-order valence-electron chi connectivity index (χ1n) is 10.6. The third kappa shape index (κ3) is 4.82. The number of piperazine rings is 1. The second-order valence-corrected chi connectivity index (χ2v) is 8.64. The highest BCUT2D eigenvalue weighted by Gasteiger charge is 2.34. The zero-order valence-electron chi connectivity index (χ0n) is 19.1. The summed E-state index contributed by atoms with van der Waals surface area (Å²) in [6.07, 6.45) is 1.40. The molecule has 0 N–H and O–H groups in total. The van der Waals surface area contributed by atoms with Crippen LogP contribution >= 0.6 is 24.0 Å². The molecule has 1 aromatic heterocycles. The predicted octanol–water partition coefficient (Wildman–Crippen LogP) is 4.09. The molecular formula is C23H28Cl2N4O4. The van der Waals surface area contributed by atoms with Gasteiger partial charge in [-0.15, -0.1) is 12.4 Å². The summed E-state index contributed by atoms with van der Waals surface area (Å²) in [7, 11) is 1.50. The van der Waals surface area contributed by atoms with Crippen molar-refractivity contribution < 1.29 is 19.1 Å². The van der Waals surface area contributed by atoms with Gasteiger partial charge in [-0.2, -0.15) is 0 Å². The Morgan fingerprint density at radius 2 is 1.88 bits per heavy atom. The first-order chi connectivity index (χ1) is 15.3. The summed E-state index contributed by atoms with van der Waals surface area (Å²) in [4.78, 5) is 35.5. The van der Waals surface area contributed by atoms with E-state index in [1.807, 2.05) is 20.0 Å². The zero-order chi connectivity index (χ0) is 23.0. The van der Waals surface area contributed by atoms with Crippen LogP contribution in [0.2, 0.25) is 5.02 Å². The summed E-state index contributed by atoms with van der Waals surface area (Å²) in [5.74, 6) is 1.18. The van der Waals surface area contributed by atoms with Crippen molar-refractivity contribution >= 4 is 47.5 Å². The molecular weight excluding hydrogens is 467 g/mol. The molecule has 33 heavy (non-hydrogen) atoms. The van der Waals surface area contributed by atoms with Gasteiger partial charge in [0.25, 0.3) is 5.91 Å². The number of benzene rings is 1. The van der Waals surface area contributed by atoms with Gasteiger partial charge in [0.05, 0.1) is 29.4 Å². The molecule has 1 aromatic carbocycles. The Bertz CT molecular complexity index is 1060. The highest BCUT2D eigenvalue weighted by molar-refractivity contribution is 6.34. The molecule has 2 fully saturated rings. The summed E-state index contributed by atoms with van der Waals surface area (Å²) < 4.78 is 10.6. The monoisotopic (exact) mass is 494 g/mol. The summed E-state index contributed by atoms with van der Waals surface area (Å²) in [6, 6.07) is 5.17. The van der Waals surface area contributed by atoms with Crippen molar-refractivity contribution in [3.05, 3.63) is 46.1 Å². The minimum absolute atomic E-state index is 0. The Hall–Kier alpha value is -2.71. The lowest BCUT2D eigenvalue weighted by Crippen LogP contribution is -2.49. The van der Waals surface area contributed by atoms with Crippen LogP contribution in [0.15, 0.2) is 24.4 Å². The minimum atomic E-state index is -0.461. The van der Waals surface area contributed by atoms with E-state index >= 15 is 0 Å². The van der Waals surface area contributed by atoms with Gasteiger partial charge in [0.15, 0.2) is 0 Å². The van der Waals surface area contributed by atoms with E-state index in [9.17, 15) is 9.59 Å². The van der Waals surface area contributed by atoms with Gasteiger partial charge in [0, 0.05) is 38.4 Å². The summed E-state index contributed by atoms with van der Waals surface area (Å²) in [6.45, 7) is 8.74. The van der Waals surface area contributed by atoms with Crippen LogP contribution in [-0.4, -0.2) is 67.8 Å². The standard InChI is InChI=1S/C23H27ClN4O4.ClH/c1-14-9-15(2)21(25-12-14)26-5-7-27(8-6-26)22(29)17-10-18(24)19(11-20(17)31-4)28-16(3)13-32-23(28)30;/h9-12,16H,5-8,13H2,1-4H3;1H/t16-;/m1./s1. The normalized spacial score (nSPS) is 18.2. The maximum Gasteiger partial charge on any atom is 0.414 e. The summed E-state index contributed by atoms with van der Waals surface area (Å²) in [5, 5.41) is 0.304. The second kappa shape index (κ2) is 10.1. The zero-order valence-corrected chi connectivity index (χ0v) is 20.7. The highest BCUT2D eigenvalue weighted by atomic mass is 35.5. The fourth-order valence-corrected chi connectivity index (χ4v) is 4.50. The van der Waals surface area contributed by atoms with Gasteiger partial charge in [0.1, 0.15) is 18.2 Å². The summed E-state index contributed by atoms with van der Waals surface area (Å²) in [5.41, 5.74) is 3.10. The summed E-state index contributed by atoms with van der Waals surface area (Å²) >= 11 is 6.49. The molecule has 0 spiro atoms. The average molecular weight is 495 g/mol. The van der Waals surface area contributed by atoms with Gasteiger partial charge in [-0.25, -0.2) is 9.78 Å². The topological polar surface area (TPSA) is 75.2 Å². The van der Waals surface area contributed by atoms with E-state index in [4.69, 9.17) is 21.1 Å². The first kappa shape index (κ1) is 24.9. The maximum absolute atomic E-state index is 13.3.